The van der Waals surface area contributed by atoms with Gasteiger partial charge in [0.25, 0.3) is 5.56 Å². The van der Waals surface area contributed by atoms with Crippen LogP contribution in [0.15, 0.2) is 59.7 Å². The number of hydrogen-bond donors (Lipinski definition) is 1. The van der Waals surface area contributed by atoms with Crippen LogP contribution in [0, 0.1) is 0 Å². The second-order valence-corrected chi connectivity index (χ2v) is 6.15. The van der Waals surface area contributed by atoms with Crippen molar-refractivity contribution in [2.24, 2.45) is 0 Å². The number of hydrogen-bond acceptors (Lipinski definition) is 5. The third-order valence-electron chi connectivity index (χ3n) is 4.05. The van der Waals surface area contributed by atoms with Crippen LogP contribution in [0.3, 0.4) is 0 Å². The molecule has 2 aromatic heterocycles. The van der Waals surface area contributed by atoms with Crippen LogP contribution in [-0.4, -0.2) is 47.2 Å². The Morgan fingerprint density at radius 3 is 2.69 bits per heavy atom. The summed E-state index contributed by atoms with van der Waals surface area (Å²) in [5.41, 5.74) is 3.36. The Morgan fingerprint density at radius 1 is 1.12 bits per heavy atom. The number of ether oxygens (including phenoxy) is 1. The zero-order valence-electron chi connectivity index (χ0n) is 15.0. The molecule has 0 aliphatic rings. The van der Waals surface area contributed by atoms with Gasteiger partial charge in [0.05, 0.1) is 12.3 Å². The first kappa shape index (κ1) is 18.0. The molecule has 3 rings (SSSR count). The van der Waals surface area contributed by atoms with Crippen molar-refractivity contribution in [3.05, 3.63) is 70.8 Å². The van der Waals surface area contributed by atoms with Gasteiger partial charge in [0.15, 0.2) is 0 Å². The van der Waals surface area contributed by atoms with Crippen molar-refractivity contribution in [2.75, 3.05) is 27.3 Å². The van der Waals surface area contributed by atoms with E-state index < -0.39 is 0 Å². The van der Waals surface area contributed by atoms with Gasteiger partial charge in [0, 0.05) is 49.8 Å². The molecule has 1 aromatic carbocycles. The number of nitrogens with zero attached hydrogens (tertiary/aromatic N) is 3. The molecule has 1 N–H and O–H groups in total. The number of rotatable bonds is 7. The molecule has 3 aromatic rings. The normalized spacial score (nSPS) is 11.0. The molecule has 0 amide bonds. The predicted octanol–water partition coefficient (Wildman–Crippen LogP) is 2.58. The molecule has 2 heterocycles. The van der Waals surface area contributed by atoms with E-state index in [-0.39, 0.29) is 5.56 Å². The standard InChI is InChI=1S/C20H22N4O2/c1-24(10-11-26-2)14-15-4-3-5-17(12-15)20-22-18(13-19(25)23-20)16-6-8-21-9-7-16/h3-9,12-13H,10-11,14H2,1-2H3,(H,22,23,25). The highest BCUT2D eigenvalue weighted by Crippen LogP contribution is 2.20. The molecule has 0 fully saturated rings. The molecule has 0 aliphatic heterocycles. The van der Waals surface area contributed by atoms with E-state index >= 15 is 0 Å². The van der Waals surface area contributed by atoms with Crippen molar-refractivity contribution >= 4 is 0 Å². The van der Waals surface area contributed by atoms with Crippen molar-refractivity contribution in [1.82, 2.24) is 19.9 Å². The third kappa shape index (κ3) is 4.62. The topological polar surface area (TPSA) is 71.1 Å². The van der Waals surface area contributed by atoms with Crippen LogP contribution < -0.4 is 5.56 Å². The molecule has 0 saturated heterocycles. The Balaban J connectivity index is 1.88. The van der Waals surface area contributed by atoms with E-state index in [1.165, 1.54) is 6.07 Å². The Hall–Kier alpha value is -2.83. The lowest BCUT2D eigenvalue weighted by Gasteiger charge is -2.16. The summed E-state index contributed by atoms with van der Waals surface area (Å²) in [4.78, 5) is 25.8. The lowest BCUT2D eigenvalue weighted by molar-refractivity contribution is 0.158. The van der Waals surface area contributed by atoms with Crippen LogP contribution in [-0.2, 0) is 11.3 Å². The lowest BCUT2D eigenvalue weighted by atomic mass is 10.1. The fraction of sp³-hybridized carbons (Fsp3) is 0.250. The fourth-order valence-corrected chi connectivity index (χ4v) is 2.72. The van der Waals surface area contributed by atoms with Crippen molar-refractivity contribution in [2.45, 2.75) is 6.54 Å². The first-order chi connectivity index (χ1) is 12.7. The van der Waals surface area contributed by atoms with Crippen LogP contribution in [0.25, 0.3) is 22.6 Å². The summed E-state index contributed by atoms with van der Waals surface area (Å²) in [6, 6.07) is 13.2. The highest BCUT2D eigenvalue weighted by Gasteiger charge is 2.08. The number of aromatic nitrogens is 3. The van der Waals surface area contributed by atoms with E-state index in [2.05, 4.69) is 39.0 Å². The van der Waals surface area contributed by atoms with E-state index in [1.54, 1.807) is 19.5 Å². The fourth-order valence-electron chi connectivity index (χ4n) is 2.72. The van der Waals surface area contributed by atoms with Gasteiger partial charge in [-0.1, -0.05) is 18.2 Å². The largest absolute Gasteiger partial charge is 0.383 e. The Morgan fingerprint density at radius 2 is 1.92 bits per heavy atom. The molecule has 0 spiro atoms. The molecule has 0 atom stereocenters. The van der Waals surface area contributed by atoms with Gasteiger partial charge in [-0.25, -0.2) is 4.98 Å². The van der Waals surface area contributed by atoms with Gasteiger partial charge in [-0.3, -0.25) is 14.7 Å². The second-order valence-electron chi connectivity index (χ2n) is 6.15. The zero-order chi connectivity index (χ0) is 18.4. The van der Waals surface area contributed by atoms with E-state index in [4.69, 9.17) is 4.74 Å². The second kappa shape index (κ2) is 8.51. The molecule has 0 bridgehead atoms. The molecule has 0 radical (unpaired) electrons. The van der Waals surface area contributed by atoms with Gasteiger partial charge in [0.1, 0.15) is 5.82 Å². The average Bonchev–Trinajstić information content (AvgIpc) is 2.67. The van der Waals surface area contributed by atoms with E-state index in [1.807, 2.05) is 24.3 Å². The molecule has 0 aliphatic carbocycles. The molecule has 26 heavy (non-hydrogen) atoms. The smallest absolute Gasteiger partial charge is 0.251 e. The van der Waals surface area contributed by atoms with E-state index in [9.17, 15) is 4.79 Å². The van der Waals surface area contributed by atoms with Gasteiger partial charge in [-0.15, -0.1) is 0 Å². The van der Waals surface area contributed by atoms with Crippen LogP contribution in [0.2, 0.25) is 0 Å². The molecule has 0 unspecified atom stereocenters. The lowest BCUT2D eigenvalue weighted by Crippen LogP contribution is -2.22. The Labute approximate surface area is 152 Å². The van der Waals surface area contributed by atoms with Gasteiger partial charge >= 0.3 is 0 Å². The molecule has 134 valence electrons. The number of H-pyrrole nitrogens is 1. The highest BCUT2D eigenvalue weighted by molar-refractivity contribution is 5.63. The average molecular weight is 350 g/mol. The molecule has 0 saturated carbocycles. The van der Waals surface area contributed by atoms with Gasteiger partial charge in [-0.2, -0.15) is 0 Å². The molecule has 6 nitrogen and oxygen atoms in total. The number of aromatic amines is 1. The molecular formula is C20H22N4O2. The maximum Gasteiger partial charge on any atom is 0.251 e. The molecule has 6 heteroatoms. The summed E-state index contributed by atoms with van der Waals surface area (Å²) in [7, 11) is 3.75. The first-order valence-corrected chi connectivity index (χ1v) is 8.44. The maximum atomic E-state index is 12.1. The van der Waals surface area contributed by atoms with Gasteiger partial charge in [0.2, 0.25) is 0 Å². The number of benzene rings is 1. The van der Waals surface area contributed by atoms with Crippen LogP contribution in [0.5, 0.6) is 0 Å². The minimum absolute atomic E-state index is 0.176. The third-order valence-corrected chi connectivity index (χ3v) is 4.05. The molecular weight excluding hydrogens is 328 g/mol. The van der Waals surface area contributed by atoms with Crippen LogP contribution in [0.4, 0.5) is 0 Å². The monoisotopic (exact) mass is 350 g/mol. The summed E-state index contributed by atoms with van der Waals surface area (Å²) in [6.07, 6.45) is 3.38. The summed E-state index contributed by atoms with van der Waals surface area (Å²) in [5.74, 6) is 0.561. The minimum atomic E-state index is -0.176. The first-order valence-electron chi connectivity index (χ1n) is 8.44. The van der Waals surface area contributed by atoms with Gasteiger partial charge in [-0.05, 0) is 30.8 Å². The van der Waals surface area contributed by atoms with Crippen molar-refractivity contribution in [1.29, 1.82) is 0 Å². The number of methoxy groups -OCH3 is 1. The minimum Gasteiger partial charge on any atom is -0.383 e. The van der Waals surface area contributed by atoms with Gasteiger partial charge < -0.3 is 9.72 Å². The zero-order valence-corrected chi connectivity index (χ0v) is 15.0. The van der Waals surface area contributed by atoms with Crippen LogP contribution in [0.1, 0.15) is 5.56 Å². The maximum absolute atomic E-state index is 12.1. The summed E-state index contributed by atoms with van der Waals surface area (Å²) < 4.78 is 5.12. The highest BCUT2D eigenvalue weighted by atomic mass is 16.5. The number of nitrogens with one attached hydrogen (secondary N) is 1. The van der Waals surface area contributed by atoms with Crippen LogP contribution >= 0.6 is 0 Å². The Kier molecular flexibility index (Phi) is 5.88. The number of pyridine rings is 1. The van der Waals surface area contributed by atoms with Crippen molar-refractivity contribution in [3.63, 3.8) is 0 Å². The van der Waals surface area contributed by atoms with E-state index in [0.717, 1.165) is 29.8 Å². The summed E-state index contributed by atoms with van der Waals surface area (Å²) in [5, 5.41) is 0. The van der Waals surface area contributed by atoms with E-state index in [0.29, 0.717) is 18.1 Å². The Bertz CT molecular complexity index is 909. The summed E-state index contributed by atoms with van der Waals surface area (Å²) >= 11 is 0. The van der Waals surface area contributed by atoms with Crippen molar-refractivity contribution in [3.8, 4) is 22.6 Å². The summed E-state index contributed by atoms with van der Waals surface area (Å²) in [6.45, 7) is 2.35. The SMILES string of the molecule is COCCN(C)Cc1cccc(-c2nc(-c3ccncc3)cc(=O)[nH]2)c1. The quantitative estimate of drug-likeness (QED) is 0.709. The predicted molar refractivity (Wildman–Crippen MR) is 102 cm³/mol. The van der Waals surface area contributed by atoms with Crippen molar-refractivity contribution < 1.29 is 4.74 Å². The number of likely N-dealkylation sites (N-methyl/N-ethyl adjacent to an activating group) is 1.